The van der Waals surface area contributed by atoms with Crippen molar-refractivity contribution in [2.45, 2.75) is 40.0 Å². The summed E-state index contributed by atoms with van der Waals surface area (Å²) in [6.07, 6.45) is -0.259. The third-order valence-corrected chi connectivity index (χ3v) is 5.26. The molecule has 0 saturated carbocycles. The Morgan fingerprint density at radius 1 is 0.594 bits per heavy atom. The van der Waals surface area contributed by atoms with Crippen molar-refractivity contribution in [1.29, 1.82) is 0 Å². The number of hydrogen-bond donors (Lipinski definition) is 0. The quantitative estimate of drug-likeness (QED) is 0.257. The molecule has 4 amide bonds. The van der Waals surface area contributed by atoms with E-state index in [1.54, 1.807) is 47.1 Å². The van der Waals surface area contributed by atoms with Crippen molar-refractivity contribution < 1.29 is 74.9 Å². The van der Waals surface area contributed by atoms with E-state index in [-0.39, 0.29) is 90.7 Å². The van der Waals surface area contributed by atoms with Gasteiger partial charge in [0.1, 0.15) is 12.3 Å². The molecule has 12 nitrogen and oxygen atoms in total. The van der Waals surface area contributed by atoms with E-state index in [9.17, 15) is 14.4 Å². The van der Waals surface area contributed by atoms with Gasteiger partial charge in [0.05, 0.1) is 0 Å². The third-order valence-electron chi connectivity index (χ3n) is 4.60. The molecule has 14 heteroatoms. The maximum Gasteiger partial charge on any atom is 0.320 e. The molecule has 6 N–H and O–H groups in total. The molecule has 0 rings (SSSR count). The number of amides is 4. The van der Waals surface area contributed by atoms with Crippen LogP contribution in [-0.2, 0) is 9.59 Å². The van der Waals surface area contributed by atoms with Gasteiger partial charge in [-0.2, -0.15) is 0 Å². The predicted molar refractivity (Wildman–Crippen MR) is 128 cm³/mol. The Hall–Kier alpha value is -0.778. The molecule has 191 valence electrons. The molecule has 0 saturated heterocycles. The van der Waals surface area contributed by atoms with Crippen LogP contribution in [0.25, 0.3) is 0 Å². The first kappa shape index (κ1) is 44.8. The fourth-order valence-corrected chi connectivity index (χ4v) is 2.15. The second kappa shape index (κ2) is 20.8. The van der Waals surface area contributed by atoms with Crippen LogP contribution >= 0.6 is 12.2 Å². The van der Waals surface area contributed by atoms with Crippen LogP contribution in [0.15, 0.2) is 0 Å². The fourth-order valence-electron chi connectivity index (χ4n) is 2.00. The van der Waals surface area contributed by atoms with Crippen LogP contribution in [0.2, 0.25) is 0 Å². The maximum absolute atomic E-state index is 11.5. The summed E-state index contributed by atoms with van der Waals surface area (Å²) in [5.74, 6) is -0.0261. The van der Waals surface area contributed by atoms with Gasteiger partial charge in [-0.1, -0.05) is 0 Å². The van der Waals surface area contributed by atoms with Crippen LogP contribution in [0.1, 0.15) is 27.7 Å². The molecule has 2 atom stereocenters. The molecule has 0 fully saturated rings. The average molecular weight is 700 g/mol. The Labute approximate surface area is 234 Å². The van der Waals surface area contributed by atoms with E-state index in [2.05, 4.69) is 0 Å². The summed E-state index contributed by atoms with van der Waals surface area (Å²) in [4.78, 5) is 43.6. The maximum atomic E-state index is 11.5. The number of nitrogens with zero attached hydrogens (tertiary/aromatic N) is 6. The van der Waals surface area contributed by atoms with E-state index in [4.69, 9.17) is 12.2 Å². The first-order valence-corrected chi connectivity index (χ1v) is 9.33. The largest absolute Gasteiger partial charge is 0.412 e. The standard InChI is InChI=1S/C9H19N3O2.C9H19N3OS.Ac.3H2O/c2*1-7(11(5)8(2)13)12(6)9(14)10(3)4;;;;/h2*7H,1-6H3;;3*1H2. The Kier molecular flexibility index (Phi) is 29.1. The van der Waals surface area contributed by atoms with Gasteiger partial charge in [-0.15, -0.1) is 0 Å². The minimum absolute atomic E-state index is 0. The molecule has 0 aromatic rings. The SMILES string of the molecule is CC(=O)N(C)C(C)N(C)C(=O)N(C)C.CC(=O)N(C)C(C)N(C)C(=S)N(C)C.O.O.O.[Ac]. The van der Waals surface area contributed by atoms with Crippen molar-refractivity contribution in [2.75, 3.05) is 56.4 Å². The van der Waals surface area contributed by atoms with Crippen molar-refractivity contribution >= 4 is 35.2 Å². The minimum Gasteiger partial charge on any atom is -0.412 e. The van der Waals surface area contributed by atoms with Gasteiger partial charge >= 0.3 is 6.03 Å². The third kappa shape index (κ3) is 15.1. The number of urea groups is 1. The topological polar surface area (TPSA) is 165 Å². The average Bonchev–Trinajstić information content (AvgIpc) is 2.62. The summed E-state index contributed by atoms with van der Waals surface area (Å²) in [5, 5.41) is 0.714. The molecule has 32 heavy (non-hydrogen) atoms. The van der Waals surface area contributed by atoms with Crippen LogP contribution in [0, 0.1) is 44.1 Å². The van der Waals surface area contributed by atoms with Crippen molar-refractivity contribution in [3.05, 3.63) is 0 Å². The second-order valence-electron chi connectivity index (χ2n) is 7.10. The molecule has 0 spiro atoms. The number of carbonyl (C=O) groups is 3. The van der Waals surface area contributed by atoms with Gasteiger partial charge < -0.3 is 45.8 Å². The smallest absolute Gasteiger partial charge is 0.320 e. The monoisotopic (exact) mass is 699 g/mol. The zero-order chi connectivity index (χ0) is 22.9. The van der Waals surface area contributed by atoms with Gasteiger partial charge in [0.15, 0.2) is 5.11 Å². The molecule has 0 aliphatic heterocycles. The second-order valence-corrected chi connectivity index (χ2v) is 7.46. The zero-order valence-corrected chi connectivity index (χ0v) is 27.1. The summed E-state index contributed by atoms with van der Waals surface area (Å²) < 4.78 is 0. The Morgan fingerprint density at radius 2 is 0.875 bits per heavy atom. The molecule has 2 unspecified atom stereocenters. The van der Waals surface area contributed by atoms with Gasteiger partial charge in [-0.3, -0.25) is 9.59 Å². The van der Waals surface area contributed by atoms with Gasteiger partial charge in [0.2, 0.25) is 11.8 Å². The zero-order valence-electron chi connectivity index (χ0n) is 21.5. The van der Waals surface area contributed by atoms with Crippen molar-refractivity contribution in [1.82, 2.24) is 29.4 Å². The summed E-state index contributed by atoms with van der Waals surface area (Å²) in [6.45, 7) is 6.77. The fraction of sp³-hybridized carbons (Fsp3) is 0.778. The van der Waals surface area contributed by atoms with E-state index < -0.39 is 0 Å². The number of rotatable bonds is 4. The van der Waals surface area contributed by atoms with Gasteiger partial charge in [-0.05, 0) is 26.1 Å². The van der Waals surface area contributed by atoms with E-state index in [0.29, 0.717) is 5.11 Å². The summed E-state index contributed by atoms with van der Waals surface area (Å²) in [6, 6.07) is -0.120. The summed E-state index contributed by atoms with van der Waals surface area (Å²) in [7, 11) is 14.1. The van der Waals surface area contributed by atoms with Crippen LogP contribution in [0.3, 0.4) is 0 Å². The molecule has 1 radical (unpaired) electrons. The van der Waals surface area contributed by atoms with Gasteiger partial charge in [0, 0.05) is 114 Å². The van der Waals surface area contributed by atoms with Crippen molar-refractivity contribution in [3.63, 3.8) is 0 Å². The Balaban J connectivity index is -0.0000000939. The Morgan fingerprint density at radius 3 is 1.09 bits per heavy atom. The normalized spacial score (nSPS) is 10.4. The molecule has 0 heterocycles. The summed E-state index contributed by atoms with van der Waals surface area (Å²) in [5.41, 5.74) is 0. The van der Waals surface area contributed by atoms with Crippen LogP contribution in [0.4, 0.5) is 4.79 Å². The van der Waals surface area contributed by atoms with Crippen LogP contribution in [-0.4, -0.2) is 137 Å². The first-order valence-electron chi connectivity index (χ1n) is 8.92. The molecule has 0 aliphatic carbocycles. The van der Waals surface area contributed by atoms with Crippen molar-refractivity contribution in [2.24, 2.45) is 0 Å². The molecular weight excluding hydrogens is 655 g/mol. The van der Waals surface area contributed by atoms with E-state index in [1.165, 1.54) is 21.6 Å². The van der Waals surface area contributed by atoms with Crippen LogP contribution in [0.5, 0.6) is 0 Å². The van der Waals surface area contributed by atoms with Gasteiger partial charge in [0.25, 0.3) is 0 Å². The number of thiocarbonyl (C=S) groups is 1. The molecule has 0 aromatic carbocycles. The number of hydrogen-bond acceptors (Lipinski definition) is 4. The number of carbonyl (C=O) groups excluding carboxylic acids is 3. The minimum atomic E-state index is -0.234. The molecular formula is C18H44AcN6O6S. The summed E-state index contributed by atoms with van der Waals surface area (Å²) >= 11 is 5.20. The predicted octanol–water partition coefficient (Wildman–Crippen LogP) is -1.46. The molecule has 0 bridgehead atoms. The molecule has 0 aliphatic rings. The van der Waals surface area contributed by atoms with E-state index in [1.807, 2.05) is 44.8 Å². The van der Waals surface area contributed by atoms with Gasteiger partial charge in [-0.25, -0.2) is 4.79 Å². The van der Waals surface area contributed by atoms with E-state index in [0.717, 1.165) is 0 Å². The van der Waals surface area contributed by atoms with Crippen molar-refractivity contribution in [3.8, 4) is 0 Å². The Bertz CT molecular complexity index is 522. The van der Waals surface area contributed by atoms with E-state index >= 15 is 0 Å². The van der Waals surface area contributed by atoms with Crippen LogP contribution < -0.4 is 0 Å². The first-order chi connectivity index (χ1) is 12.6. The molecule has 0 aromatic heterocycles.